The van der Waals surface area contributed by atoms with Crippen LogP contribution in [-0.4, -0.2) is 12.5 Å². The number of amides is 1. The molecule has 1 aromatic carbocycles. The predicted octanol–water partition coefficient (Wildman–Crippen LogP) is 3.34. The molecule has 1 aliphatic heterocycles. The van der Waals surface area contributed by atoms with Crippen molar-refractivity contribution >= 4 is 23.2 Å². The molecule has 2 atom stereocenters. The SMILES string of the molecule is CC1(C)CC1C(Cl)c1ccc2c(c1)NC(=O)CO2. The van der Waals surface area contributed by atoms with Crippen molar-refractivity contribution in [1.82, 2.24) is 0 Å². The molecule has 18 heavy (non-hydrogen) atoms. The first-order chi connectivity index (χ1) is 8.47. The van der Waals surface area contributed by atoms with Crippen LogP contribution < -0.4 is 10.1 Å². The monoisotopic (exact) mass is 265 g/mol. The highest BCUT2D eigenvalue weighted by atomic mass is 35.5. The van der Waals surface area contributed by atoms with Gasteiger partial charge in [-0.15, -0.1) is 11.6 Å². The van der Waals surface area contributed by atoms with Gasteiger partial charge in [0.05, 0.1) is 11.1 Å². The Morgan fingerprint density at radius 3 is 2.89 bits per heavy atom. The van der Waals surface area contributed by atoms with Crippen LogP contribution in [0.25, 0.3) is 0 Å². The molecule has 0 radical (unpaired) electrons. The Balaban J connectivity index is 1.86. The summed E-state index contributed by atoms with van der Waals surface area (Å²) in [4.78, 5) is 11.3. The first kappa shape index (κ1) is 11.8. The summed E-state index contributed by atoms with van der Waals surface area (Å²) in [5.41, 5.74) is 2.12. The van der Waals surface area contributed by atoms with Crippen molar-refractivity contribution in [2.75, 3.05) is 11.9 Å². The van der Waals surface area contributed by atoms with Gasteiger partial charge in [0.25, 0.3) is 5.91 Å². The van der Waals surface area contributed by atoms with Crippen LogP contribution in [0.15, 0.2) is 18.2 Å². The average molecular weight is 266 g/mol. The Hall–Kier alpha value is -1.22. The minimum atomic E-state index is -0.113. The maximum absolute atomic E-state index is 11.3. The van der Waals surface area contributed by atoms with Gasteiger partial charge < -0.3 is 10.1 Å². The highest BCUT2D eigenvalue weighted by Crippen LogP contribution is 2.60. The van der Waals surface area contributed by atoms with Gasteiger partial charge in [0, 0.05) is 0 Å². The summed E-state index contributed by atoms with van der Waals surface area (Å²) in [7, 11) is 0. The van der Waals surface area contributed by atoms with Crippen LogP contribution in [0.4, 0.5) is 5.69 Å². The number of rotatable bonds is 2. The molecule has 1 amide bonds. The van der Waals surface area contributed by atoms with Crippen molar-refractivity contribution in [1.29, 1.82) is 0 Å². The molecule has 96 valence electrons. The summed E-state index contributed by atoms with van der Waals surface area (Å²) in [6.45, 7) is 4.55. The predicted molar refractivity (Wildman–Crippen MR) is 71.0 cm³/mol. The van der Waals surface area contributed by atoms with Gasteiger partial charge in [0.1, 0.15) is 5.75 Å². The van der Waals surface area contributed by atoms with Crippen LogP contribution in [-0.2, 0) is 4.79 Å². The van der Waals surface area contributed by atoms with Gasteiger partial charge >= 0.3 is 0 Å². The first-order valence-electron chi connectivity index (χ1n) is 6.18. The molecule has 1 fully saturated rings. The number of hydrogen-bond donors (Lipinski definition) is 1. The van der Waals surface area contributed by atoms with E-state index in [0.717, 1.165) is 23.4 Å². The van der Waals surface area contributed by atoms with Crippen molar-refractivity contribution in [3.63, 3.8) is 0 Å². The zero-order valence-corrected chi connectivity index (χ0v) is 11.3. The van der Waals surface area contributed by atoms with Gasteiger partial charge in [0.2, 0.25) is 0 Å². The van der Waals surface area contributed by atoms with E-state index in [1.165, 1.54) is 0 Å². The fraction of sp³-hybridized carbons (Fsp3) is 0.500. The van der Waals surface area contributed by atoms with E-state index in [4.69, 9.17) is 16.3 Å². The number of fused-ring (bicyclic) bond motifs is 1. The molecule has 1 aromatic rings. The van der Waals surface area contributed by atoms with Crippen LogP contribution in [0.1, 0.15) is 31.2 Å². The number of benzene rings is 1. The van der Waals surface area contributed by atoms with Crippen LogP contribution in [0.3, 0.4) is 0 Å². The highest BCUT2D eigenvalue weighted by molar-refractivity contribution is 6.21. The first-order valence-corrected chi connectivity index (χ1v) is 6.62. The van der Waals surface area contributed by atoms with Crippen LogP contribution >= 0.6 is 11.6 Å². The third kappa shape index (κ3) is 1.97. The number of alkyl halides is 1. The van der Waals surface area contributed by atoms with Gasteiger partial charge in [-0.05, 0) is 35.4 Å². The summed E-state index contributed by atoms with van der Waals surface area (Å²) in [5, 5.41) is 2.82. The number of halogens is 1. The van der Waals surface area contributed by atoms with Gasteiger partial charge in [-0.25, -0.2) is 0 Å². The van der Waals surface area contributed by atoms with E-state index in [9.17, 15) is 4.79 Å². The molecule has 0 saturated heterocycles. The van der Waals surface area contributed by atoms with E-state index in [1.54, 1.807) is 0 Å². The maximum Gasteiger partial charge on any atom is 0.262 e. The Kier molecular flexibility index (Phi) is 2.56. The summed E-state index contributed by atoms with van der Waals surface area (Å²) in [6, 6.07) is 5.80. The minimum Gasteiger partial charge on any atom is -0.482 e. The van der Waals surface area contributed by atoms with Gasteiger partial charge in [-0.3, -0.25) is 4.79 Å². The molecule has 1 saturated carbocycles. The molecule has 2 aliphatic rings. The normalized spacial score (nSPS) is 25.7. The van der Waals surface area contributed by atoms with E-state index >= 15 is 0 Å². The molecule has 1 N–H and O–H groups in total. The van der Waals surface area contributed by atoms with Gasteiger partial charge in [-0.2, -0.15) is 0 Å². The third-order valence-corrected chi connectivity index (χ3v) is 4.45. The lowest BCUT2D eigenvalue weighted by molar-refractivity contribution is -0.118. The molecule has 0 bridgehead atoms. The minimum absolute atomic E-state index is 0.00382. The number of carbonyl (C=O) groups is 1. The standard InChI is InChI=1S/C14H16ClNO2/c1-14(2)6-9(14)13(15)8-3-4-11-10(5-8)16-12(17)7-18-11/h3-5,9,13H,6-7H2,1-2H3,(H,16,17). The van der Waals surface area contributed by atoms with Crippen molar-refractivity contribution in [3.05, 3.63) is 23.8 Å². The van der Waals surface area contributed by atoms with E-state index in [-0.39, 0.29) is 17.9 Å². The molecule has 2 unspecified atom stereocenters. The second-order valence-corrected chi connectivity index (χ2v) is 6.26. The molecule has 3 nitrogen and oxygen atoms in total. The van der Waals surface area contributed by atoms with Crippen molar-refractivity contribution in [2.24, 2.45) is 11.3 Å². The van der Waals surface area contributed by atoms with E-state index in [1.807, 2.05) is 18.2 Å². The fourth-order valence-corrected chi connectivity index (χ4v) is 3.08. The number of carbonyl (C=O) groups excluding carboxylic acids is 1. The Labute approximate surface area is 111 Å². The Morgan fingerprint density at radius 2 is 2.22 bits per heavy atom. The molecule has 0 spiro atoms. The fourth-order valence-electron chi connectivity index (χ4n) is 2.51. The third-order valence-electron chi connectivity index (χ3n) is 3.90. The molecular weight excluding hydrogens is 250 g/mol. The van der Waals surface area contributed by atoms with Gasteiger partial charge in [0.15, 0.2) is 6.61 Å². The number of nitrogens with one attached hydrogen (secondary N) is 1. The zero-order valence-electron chi connectivity index (χ0n) is 10.5. The summed E-state index contributed by atoms with van der Waals surface area (Å²) in [5.74, 6) is 1.12. The molecule has 3 rings (SSSR count). The van der Waals surface area contributed by atoms with E-state index in [2.05, 4.69) is 19.2 Å². The summed E-state index contributed by atoms with van der Waals surface area (Å²) >= 11 is 6.51. The van der Waals surface area contributed by atoms with E-state index < -0.39 is 0 Å². The highest BCUT2D eigenvalue weighted by Gasteiger charge is 2.50. The maximum atomic E-state index is 11.3. The molecular formula is C14H16ClNO2. The van der Waals surface area contributed by atoms with Crippen LogP contribution in [0.5, 0.6) is 5.75 Å². The summed E-state index contributed by atoms with van der Waals surface area (Å²) in [6.07, 6.45) is 1.15. The molecule has 1 heterocycles. The smallest absolute Gasteiger partial charge is 0.262 e. The topological polar surface area (TPSA) is 38.3 Å². The molecule has 4 heteroatoms. The zero-order chi connectivity index (χ0) is 12.9. The lowest BCUT2D eigenvalue weighted by atomic mass is 10.0. The van der Waals surface area contributed by atoms with E-state index in [0.29, 0.717) is 11.3 Å². The number of anilines is 1. The molecule has 0 aromatic heterocycles. The second kappa shape index (κ2) is 3.89. The quantitative estimate of drug-likeness (QED) is 0.833. The Morgan fingerprint density at radius 1 is 1.50 bits per heavy atom. The van der Waals surface area contributed by atoms with Crippen molar-refractivity contribution in [3.8, 4) is 5.75 Å². The summed E-state index contributed by atoms with van der Waals surface area (Å²) < 4.78 is 5.33. The van der Waals surface area contributed by atoms with Crippen LogP contribution in [0, 0.1) is 11.3 Å². The largest absolute Gasteiger partial charge is 0.482 e. The van der Waals surface area contributed by atoms with Crippen molar-refractivity contribution < 1.29 is 9.53 Å². The second-order valence-electron chi connectivity index (χ2n) is 5.79. The average Bonchev–Trinajstić information content (AvgIpc) is 2.96. The van der Waals surface area contributed by atoms with Crippen LogP contribution in [0.2, 0.25) is 0 Å². The lowest BCUT2D eigenvalue weighted by Gasteiger charge is -2.20. The van der Waals surface area contributed by atoms with Crippen molar-refractivity contribution in [2.45, 2.75) is 25.6 Å². The molecule has 1 aliphatic carbocycles. The van der Waals surface area contributed by atoms with Gasteiger partial charge in [-0.1, -0.05) is 19.9 Å². The number of ether oxygens (including phenoxy) is 1. The lowest BCUT2D eigenvalue weighted by Crippen LogP contribution is -2.25. The Bertz CT molecular complexity index is 513. The number of hydrogen-bond acceptors (Lipinski definition) is 2.